The highest BCUT2D eigenvalue weighted by molar-refractivity contribution is 7.09. The van der Waals surface area contributed by atoms with Gasteiger partial charge in [-0.3, -0.25) is 0 Å². The van der Waals surface area contributed by atoms with Crippen LogP contribution in [0.4, 0.5) is 11.6 Å². The lowest BCUT2D eigenvalue weighted by molar-refractivity contribution is 0.734. The fraction of sp³-hybridized carbons (Fsp3) is 0.417. The molecule has 0 aromatic carbocycles. The number of hydrogen-bond acceptors (Lipinski definition) is 6. The molecule has 0 aliphatic rings. The lowest BCUT2D eigenvalue weighted by Gasteiger charge is -2.17. The van der Waals surface area contributed by atoms with E-state index in [1.54, 1.807) is 11.3 Å². The van der Waals surface area contributed by atoms with Crippen molar-refractivity contribution in [3.05, 3.63) is 28.5 Å². The first-order valence-corrected chi connectivity index (χ1v) is 6.89. The summed E-state index contributed by atoms with van der Waals surface area (Å²) in [6.45, 7) is 4.17. The Kier molecular flexibility index (Phi) is 4.09. The average molecular weight is 263 g/mol. The van der Waals surface area contributed by atoms with Crippen LogP contribution in [0.3, 0.4) is 0 Å². The smallest absolute Gasteiger partial charge is 0.135 e. The average Bonchev–Trinajstić information content (AvgIpc) is 2.89. The van der Waals surface area contributed by atoms with Gasteiger partial charge >= 0.3 is 0 Å². The topological polar surface area (TPSA) is 76.7 Å². The SMILES string of the molecule is CCc1c(N)ncnc1NC(CC)c1nccs1. The van der Waals surface area contributed by atoms with Crippen molar-refractivity contribution < 1.29 is 0 Å². The van der Waals surface area contributed by atoms with Gasteiger partial charge in [0.05, 0.1) is 6.04 Å². The number of nitrogen functional groups attached to an aromatic ring is 1. The predicted molar refractivity (Wildman–Crippen MR) is 74.6 cm³/mol. The zero-order valence-electron chi connectivity index (χ0n) is 10.6. The van der Waals surface area contributed by atoms with E-state index in [1.165, 1.54) is 6.33 Å². The van der Waals surface area contributed by atoms with E-state index in [9.17, 15) is 0 Å². The van der Waals surface area contributed by atoms with Crippen LogP contribution >= 0.6 is 11.3 Å². The van der Waals surface area contributed by atoms with Gasteiger partial charge in [-0.05, 0) is 12.8 Å². The molecule has 0 amide bonds. The maximum atomic E-state index is 5.86. The maximum absolute atomic E-state index is 5.86. The molecule has 2 heterocycles. The molecule has 1 unspecified atom stereocenters. The zero-order valence-corrected chi connectivity index (χ0v) is 11.4. The number of nitrogens with one attached hydrogen (secondary N) is 1. The first-order valence-electron chi connectivity index (χ1n) is 6.01. The van der Waals surface area contributed by atoms with Crippen LogP contribution in [0.2, 0.25) is 0 Å². The number of hydrogen-bond donors (Lipinski definition) is 2. The van der Waals surface area contributed by atoms with E-state index in [0.29, 0.717) is 5.82 Å². The molecular formula is C12H17N5S. The third kappa shape index (κ3) is 2.59. The minimum Gasteiger partial charge on any atom is -0.383 e. The molecule has 96 valence electrons. The lowest BCUT2D eigenvalue weighted by Crippen LogP contribution is -2.13. The predicted octanol–water partition coefficient (Wildman–Crippen LogP) is 2.64. The van der Waals surface area contributed by atoms with Gasteiger partial charge in [-0.1, -0.05) is 13.8 Å². The Morgan fingerprint density at radius 3 is 2.78 bits per heavy atom. The summed E-state index contributed by atoms with van der Waals surface area (Å²) in [4.78, 5) is 12.6. The Bertz CT molecular complexity index is 497. The van der Waals surface area contributed by atoms with Gasteiger partial charge in [0.15, 0.2) is 0 Å². The summed E-state index contributed by atoms with van der Waals surface area (Å²) >= 11 is 1.64. The molecule has 0 radical (unpaired) electrons. The Labute approximate surface area is 111 Å². The summed E-state index contributed by atoms with van der Waals surface area (Å²) in [5.74, 6) is 1.36. The van der Waals surface area contributed by atoms with Gasteiger partial charge in [-0.15, -0.1) is 11.3 Å². The number of thiazole rings is 1. The molecule has 0 saturated heterocycles. The number of nitrogens with zero attached hydrogens (tertiary/aromatic N) is 3. The van der Waals surface area contributed by atoms with Crippen LogP contribution in [0.15, 0.2) is 17.9 Å². The third-order valence-corrected chi connectivity index (χ3v) is 3.69. The van der Waals surface area contributed by atoms with Crippen molar-refractivity contribution in [3.63, 3.8) is 0 Å². The standard InChI is InChI=1S/C12H17N5S/c1-3-8-10(13)15-7-16-11(8)17-9(4-2)12-14-5-6-18-12/h5-7,9H,3-4H2,1-2H3,(H3,13,15,16,17). The van der Waals surface area contributed by atoms with Crippen molar-refractivity contribution in [1.29, 1.82) is 0 Å². The normalized spacial score (nSPS) is 12.3. The first-order chi connectivity index (χ1) is 8.76. The summed E-state index contributed by atoms with van der Waals surface area (Å²) in [5, 5.41) is 6.46. The number of anilines is 2. The first kappa shape index (κ1) is 12.8. The molecule has 0 aliphatic heterocycles. The van der Waals surface area contributed by atoms with Gasteiger partial charge in [0.2, 0.25) is 0 Å². The fourth-order valence-electron chi connectivity index (χ4n) is 1.81. The summed E-state index contributed by atoms with van der Waals surface area (Å²) in [6, 6.07) is 0.171. The molecule has 0 bridgehead atoms. The van der Waals surface area contributed by atoms with Gasteiger partial charge in [-0.2, -0.15) is 0 Å². The van der Waals surface area contributed by atoms with Crippen molar-refractivity contribution in [2.75, 3.05) is 11.1 Å². The molecule has 5 nitrogen and oxygen atoms in total. The number of aromatic nitrogens is 3. The molecule has 2 aromatic rings. The molecule has 0 spiro atoms. The summed E-state index contributed by atoms with van der Waals surface area (Å²) in [7, 11) is 0. The second kappa shape index (κ2) is 5.77. The second-order valence-corrected chi connectivity index (χ2v) is 4.84. The van der Waals surface area contributed by atoms with Crippen LogP contribution in [-0.4, -0.2) is 15.0 Å². The maximum Gasteiger partial charge on any atom is 0.135 e. The van der Waals surface area contributed by atoms with Crippen LogP contribution < -0.4 is 11.1 Å². The largest absolute Gasteiger partial charge is 0.383 e. The summed E-state index contributed by atoms with van der Waals surface area (Å²) < 4.78 is 0. The second-order valence-electron chi connectivity index (χ2n) is 3.92. The van der Waals surface area contributed by atoms with Gasteiger partial charge in [0, 0.05) is 17.1 Å². The Morgan fingerprint density at radius 2 is 2.17 bits per heavy atom. The zero-order chi connectivity index (χ0) is 13.0. The number of nitrogens with two attached hydrogens (primary N) is 1. The van der Waals surface area contributed by atoms with Crippen molar-refractivity contribution in [1.82, 2.24) is 15.0 Å². The molecule has 6 heteroatoms. The fourth-order valence-corrected chi connectivity index (χ4v) is 2.58. The Morgan fingerprint density at radius 1 is 1.33 bits per heavy atom. The molecular weight excluding hydrogens is 246 g/mol. The minimum absolute atomic E-state index is 0.171. The van der Waals surface area contributed by atoms with Crippen LogP contribution in [0.1, 0.15) is 36.9 Å². The van der Waals surface area contributed by atoms with E-state index >= 15 is 0 Å². The highest BCUT2D eigenvalue weighted by atomic mass is 32.1. The summed E-state index contributed by atoms with van der Waals surface area (Å²) in [5.41, 5.74) is 6.83. The molecule has 0 fully saturated rings. The van der Waals surface area contributed by atoms with E-state index < -0.39 is 0 Å². The van der Waals surface area contributed by atoms with Crippen molar-refractivity contribution >= 4 is 23.0 Å². The van der Waals surface area contributed by atoms with Crippen molar-refractivity contribution in [3.8, 4) is 0 Å². The van der Waals surface area contributed by atoms with Gasteiger partial charge in [0.25, 0.3) is 0 Å². The van der Waals surface area contributed by atoms with E-state index in [1.807, 2.05) is 18.5 Å². The minimum atomic E-state index is 0.171. The highest BCUT2D eigenvalue weighted by Crippen LogP contribution is 2.26. The molecule has 1 atom stereocenters. The molecule has 18 heavy (non-hydrogen) atoms. The van der Waals surface area contributed by atoms with E-state index in [-0.39, 0.29) is 6.04 Å². The lowest BCUT2D eigenvalue weighted by atomic mass is 10.2. The highest BCUT2D eigenvalue weighted by Gasteiger charge is 2.15. The molecule has 2 aromatic heterocycles. The van der Waals surface area contributed by atoms with Crippen LogP contribution in [0.5, 0.6) is 0 Å². The van der Waals surface area contributed by atoms with Crippen LogP contribution in [-0.2, 0) is 6.42 Å². The third-order valence-electron chi connectivity index (χ3n) is 2.80. The van der Waals surface area contributed by atoms with Crippen LogP contribution in [0, 0.1) is 0 Å². The summed E-state index contributed by atoms with van der Waals surface area (Å²) in [6.07, 6.45) is 5.06. The molecule has 0 saturated carbocycles. The monoisotopic (exact) mass is 263 g/mol. The molecule has 0 aliphatic carbocycles. The molecule has 2 rings (SSSR count). The van der Waals surface area contributed by atoms with Crippen molar-refractivity contribution in [2.24, 2.45) is 0 Å². The van der Waals surface area contributed by atoms with Gasteiger partial charge in [0.1, 0.15) is 23.0 Å². The quantitative estimate of drug-likeness (QED) is 0.867. The Balaban J connectivity index is 2.25. The number of rotatable bonds is 5. The van der Waals surface area contributed by atoms with Gasteiger partial charge in [-0.25, -0.2) is 15.0 Å². The van der Waals surface area contributed by atoms with Crippen LogP contribution in [0.25, 0.3) is 0 Å². The van der Waals surface area contributed by atoms with E-state index in [4.69, 9.17) is 5.73 Å². The van der Waals surface area contributed by atoms with E-state index in [0.717, 1.165) is 29.2 Å². The van der Waals surface area contributed by atoms with E-state index in [2.05, 4.69) is 27.2 Å². The molecule has 3 N–H and O–H groups in total. The van der Waals surface area contributed by atoms with Gasteiger partial charge < -0.3 is 11.1 Å². The van der Waals surface area contributed by atoms with Crippen molar-refractivity contribution in [2.45, 2.75) is 32.7 Å². The Hall–Kier alpha value is -1.69.